The highest BCUT2D eigenvalue weighted by atomic mass is 32.2. The molecule has 1 aliphatic heterocycles. The summed E-state index contributed by atoms with van der Waals surface area (Å²) >= 11 is 0. The van der Waals surface area contributed by atoms with Crippen LogP contribution in [-0.4, -0.2) is 123 Å². The summed E-state index contributed by atoms with van der Waals surface area (Å²) in [6.45, 7) is -0.600. The Kier molecular flexibility index (Phi) is 16.2. The van der Waals surface area contributed by atoms with Crippen LogP contribution in [0.3, 0.4) is 0 Å². The highest BCUT2D eigenvalue weighted by Gasteiger charge is 2.57. The highest BCUT2D eigenvalue weighted by Crippen LogP contribution is 2.36. The summed E-state index contributed by atoms with van der Waals surface area (Å²) in [4.78, 5) is 52.9. The summed E-state index contributed by atoms with van der Waals surface area (Å²) in [6.07, 6.45) is -5.77. The van der Waals surface area contributed by atoms with Gasteiger partial charge in [-0.2, -0.15) is 4.72 Å². The van der Waals surface area contributed by atoms with Gasteiger partial charge in [-0.05, 0) is 41.3 Å². The lowest BCUT2D eigenvalue weighted by molar-refractivity contribution is -0.312. The number of aliphatic carboxylic acids is 1. The Morgan fingerprint density at radius 3 is 2.30 bits per heavy atom. The largest absolute Gasteiger partial charge is 0.477 e. The lowest BCUT2D eigenvalue weighted by Crippen LogP contribution is -2.68. The van der Waals surface area contributed by atoms with Crippen LogP contribution in [-0.2, 0) is 50.0 Å². The van der Waals surface area contributed by atoms with Crippen molar-refractivity contribution in [1.29, 1.82) is 0 Å². The average Bonchev–Trinajstić information content (AvgIpc) is 3.24. The molecule has 5 rings (SSSR count). The summed E-state index contributed by atoms with van der Waals surface area (Å²) in [6, 6.07) is 22.2. The number of aliphatic hydroxyl groups is 3. The zero-order chi connectivity index (χ0) is 44.3. The number of hydrogen-bond donors (Lipinski definition) is 7. The van der Waals surface area contributed by atoms with Gasteiger partial charge in [-0.15, -0.1) is 0 Å². The molecule has 0 saturated carbocycles. The predicted molar refractivity (Wildman–Crippen MR) is 225 cm³/mol. The maximum absolute atomic E-state index is 13.5. The van der Waals surface area contributed by atoms with Gasteiger partial charge in [0, 0.05) is 50.4 Å². The molecule has 4 unspecified atom stereocenters. The number of fused-ring (bicyclic) bond motifs is 2. The van der Waals surface area contributed by atoms with Crippen LogP contribution in [0.15, 0.2) is 83.8 Å². The number of aliphatic hydroxyl groups excluding tert-OH is 3. The molecule has 1 aliphatic rings. The van der Waals surface area contributed by atoms with Gasteiger partial charge in [0.05, 0.1) is 30.6 Å². The first-order chi connectivity index (χ1) is 29.1. The molecule has 4 aromatic rings. The van der Waals surface area contributed by atoms with E-state index in [0.717, 1.165) is 28.9 Å². The summed E-state index contributed by atoms with van der Waals surface area (Å²) in [5.74, 6) is -6.26. The number of unbranched alkanes of at least 4 members (excludes halogenated alkanes) is 3. The number of benzene rings is 4. The highest BCUT2D eigenvalue weighted by molar-refractivity contribution is 7.89. The molecule has 1 heterocycles. The third-order valence-electron chi connectivity index (χ3n) is 10.5. The number of carboxylic acids is 1. The van der Waals surface area contributed by atoms with Crippen LogP contribution in [0.5, 0.6) is 0 Å². The quantitative estimate of drug-likeness (QED) is 0.0469. The molecule has 2 amide bonds. The van der Waals surface area contributed by atoms with E-state index in [1.807, 2.05) is 67.5 Å². The van der Waals surface area contributed by atoms with E-state index in [0.29, 0.717) is 43.0 Å². The van der Waals surface area contributed by atoms with E-state index in [2.05, 4.69) is 15.4 Å². The SMILES string of the molecule is CC(=O)NC1C(OC(=O)CNS(=O)(=O)c2cccc3c(N(C)C)cccc23)CC(OCCCCCCC(=O)NCc2cccc3ccccc23)(C(=O)O)OC1[C@@H](O)[C@H](O)CO. The molecule has 0 radical (unpaired) electrons. The molecule has 0 aromatic heterocycles. The fourth-order valence-corrected chi connectivity index (χ4v) is 8.60. The first kappa shape index (κ1) is 46.8. The van der Waals surface area contributed by atoms with Gasteiger partial charge < -0.3 is 50.2 Å². The van der Waals surface area contributed by atoms with Crippen molar-refractivity contribution in [2.24, 2.45) is 0 Å². The Labute approximate surface area is 354 Å². The van der Waals surface area contributed by atoms with Gasteiger partial charge in [0.15, 0.2) is 0 Å². The molecule has 1 fully saturated rings. The number of carboxylic acid groups (broad SMARTS) is 1. The lowest BCUT2D eigenvalue weighted by atomic mass is 9.88. The van der Waals surface area contributed by atoms with E-state index < -0.39 is 83.7 Å². The second-order valence-corrected chi connectivity index (χ2v) is 16.9. The Hall–Kier alpha value is -5.21. The molecule has 7 N–H and O–H groups in total. The maximum Gasteiger partial charge on any atom is 0.364 e. The molecule has 0 bridgehead atoms. The molecule has 0 aliphatic carbocycles. The monoisotopic (exact) mass is 866 g/mol. The molecule has 0 spiro atoms. The molecule has 17 nitrogen and oxygen atoms in total. The van der Waals surface area contributed by atoms with Crippen molar-refractivity contribution in [3.05, 3.63) is 84.4 Å². The first-order valence-corrected chi connectivity index (χ1v) is 21.5. The standard InChI is InChI=1S/C43H54N4O13S/c1-27(49)46-39-35(59-38(52)25-45-61(56,57)36-20-12-17-31-32(36)18-11-19-33(31)47(2)3)23-43(42(54)55,60-41(39)40(53)34(50)26-48)58-22-9-5-4-6-21-37(51)44-24-29-15-10-14-28-13-7-8-16-30(28)29/h7-8,10-20,34-35,39-41,45,48,50,53H,4-6,9,21-26H2,1-3H3,(H,44,51)(H,46,49)(H,54,55)/t34-,35?,39?,40+,41?,43?/m1/s1. The average molecular weight is 867 g/mol. The third kappa shape index (κ3) is 11.8. The smallest absolute Gasteiger partial charge is 0.364 e. The molecular weight excluding hydrogens is 813 g/mol. The number of amides is 2. The molecule has 61 heavy (non-hydrogen) atoms. The van der Waals surface area contributed by atoms with Crippen LogP contribution >= 0.6 is 0 Å². The van der Waals surface area contributed by atoms with Crippen LogP contribution in [0.25, 0.3) is 21.5 Å². The van der Waals surface area contributed by atoms with Gasteiger partial charge in [-0.25, -0.2) is 13.2 Å². The van der Waals surface area contributed by atoms with Crippen LogP contribution in [0.2, 0.25) is 0 Å². The van der Waals surface area contributed by atoms with Gasteiger partial charge >= 0.3 is 11.9 Å². The second-order valence-electron chi connectivity index (χ2n) is 15.1. The number of sulfonamides is 1. The number of carbonyl (C=O) groups excluding carboxylic acids is 3. The van der Waals surface area contributed by atoms with Crippen LogP contribution < -0.4 is 20.3 Å². The Morgan fingerprint density at radius 2 is 1.57 bits per heavy atom. The molecule has 6 atom stereocenters. The fourth-order valence-electron chi connectivity index (χ4n) is 7.41. The number of hydrogen-bond acceptors (Lipinski definition) is 13. The molecule has 330 valence electrons. The molecular formula is C43H54N4O13S. The first-order valence-electron chi connectivity index (χ1n) is 20.0. The number of nitrogens with one attached hydrogen (secondary N) is 3. The van der Waals surface area contributed by atoms with E-state index in [9.17, 15) is 48.0 Å². The van der Waals surface area contributed by atoms with Gasteiger partial charge in [0.2, 0.25) is 21.8 Å². The molecule has 18 heteroatoms. The van der Waals surface area contributed by atoms with Gasteiger partial charge in [0.1, 0.15) is 31.0 Å². The van der Waals surface area contributed by atoms with Crippen LogP contribution in [0, 0.1) is 0 Å². The lowest BCUT2D eigenvalue weighted by Gasteiger charge is -2.47. The van der Waals surface area contributed by atoms with Crippen molar-refractivity contribution < 1.29 is 62.2 Å². The summed E-state index contributed by atoms with van der Waals surface area (Å²) in [5.41, 5.74) is 1.76. The number of rotatable bonds is 21. The number of esters is 1. The Balaban J connectivity index is 1.22. The topological polar surface area (TPSA) is 250 Å². The zero-order valence-corrected chi connectivity index (χ0v) is 35.1. The number of ether oxygens (including phenoxy) is 3. The Bertz CT molecular complexity index is 2290. The minimum atomic E-state index is -4.33. The second kappa shape index (κ2) is 21.0. The van der Waals surface area contributed by atoms with Gasteiger partial charge in [0.25, 0.3) is 5.79 Å². The van der Waals surface area contributed by atoms with Crippen LogP contribution in [0.1, 0.15) is 51.0 Å². The van der Waals surface area contributed by atoms with Gasteiger partial charge in [-0.3, -0.25) is 14.4 Å². The minimum Gasteiger partial charge on any atom is -0.477 e. The van der Waals surface area contributed by atoms with Crippen molar-refractivity contribution in [2.75, 3.05) is 38.8 Å². The maximum atomic E-state index is 13.5. The summed E-state index contributed by atoms with van der Waals surface area (Å²) in [5, 5.41) is 50.1. The predicted octanol–water partition coefficient (Wildman–Crippen LogP) is 2.32. The number of carbonyl (C=O) groups is 4. The van der Waals surface area contributed by atoms with E-state index >= 15 is 0 Å². The van der Waals surface area contributed by atoms with E-state index in [1.165, 1.54) is 6.07 Å². The van der Waals surface area contributed by atoms with Crippen molar-refractivity contribution >= 4 is 61.0 Å². The van der Waals surface area contributed by atoms with Crippen LogP contribution in [0.4, 0.5) is 5.69 Å². The third-order valence-corrected chi connectivity index (χ3v) is 11.9. The summed E-state index contributed by atoms with van der Waals surface area (Å²) < 4.78 is 46.5. The van der Waals surface area contributed by atoms with E-state index in [1.54, 1.807) is 24.3 Å². The zero-order valence-electron chi connectivity index (χ0n) is 34.3. The molecule has 4 aromatic carbocycles. The van der Waals surface area contributed by atoms with E-state index in [4.69, 9.17) is 14.2 Å². The number of anilines is 1. The van der Waals surface area contributed by atoms with Crippen molar-refractivity contribution in [2.45, 2.75) is 93.1 Å². The van der Waals surface area contributed by atoms with Crippen molar-refractivity contribution in [3.8, 4) is 0 Å². The summed E-state index contributed by atoms with van der Waals surface area (Å²) in [7, 11) is -0.702. The van der Waals surface area contributed by atoms with E-state index in [-0.39, 0.29) is 23.8 Å². The van der Waals surface area contributed by atoms with Crippen molar-refractivity contribution in [3.63, 3.8) is 0 Å². The number of nitrogens with zero attached hydrogens (tertiary/aromatic N) is 1. The fraction of sp³-hybridized carbons (Fsp3) is 0.442. The van der Waals surface area contributed by atoms with Crippen molar-refractivity contribution in [1.82, 2.24) is 15.4 Å². The molecule has 1 saturated heterocycles. The Morgan fingerprint density at radius 1 is 0.902 bits per heavy atom. The normalized spacial score (nSPS) is 20.1. The minimum absolute atomic E-state index is 0.108. The van der Waals surface area contributed by atoms with Gasteiger partial charge in [-0.1, -0.05) is 79.6 Å².